The number of amides is 1. The number of rotatable bonds is 6. The number of anilines is 1. The first-order valence-electron chi connectivity index (χ1n) is 8.82. The first-order valence-corrected chi connectivity index (χ1v) is 9.63. The minimum Gasteiger partial charge on any atom is -0.483 e. The van der Waals surface area contributed by atoms with Crippen molar-refractivity contribution in [2.24, 2.45) is 0 Å². The lowest BCUT2D eigenvalue weighted by Crippen LogP contribution is -2.20. The van der Waals surface area contributed by atoms with E-state index in [1.54, 1.807) is 12.1 Å². The summed E-state index contributed by atoms with van der Waals surface area (Å²) in [7, 11) is 0. The highest BCUT2D eigenvalue weighted by atomic mass is 32.1. The van der Waals surface area contributed by atoms with Gasteiger partial charge in [-0.15, -0.1) is 10.2 Å². The summed E-state index contributed by atoms with van der Waals surface area (Å²) in [5.41, 5.74) is 2.56. The van der Waals surface area contributed by atoms with Crippen LogP contribution < -0.4 is 10.1 Å². The Morgan fingerprint density at radius 1 is 1.07 bits per heavy atom. The molecule has 0 unspecified atom stereocenters. The Labute approximate surface area is 170 Å². The van der Waals surface area contributed by atoms with Crippen molar-refractivity contribution in [3.05, 3.63) is 59.1 Å². The molecule has 2 aromatic heterocycles. The molecular formula is C20H17N5O3S. The van der Waals surface area contributed by atoms with E-state index in [0.29, 0.717) is 28.2 Å². The third-order valence-corrected chi connectivity index (χ3v) is 4.81. The summed E-state index contributed by atoms with van der Waals surface area (Å²) < 4.78 is 11.1. The third kappa shape index (κ3) is 4.30. The quantitative estimate of drug-likeness (QED) is 0.517. The number of carbonyl (C=O) groups excluding carboxylic acids is 1. The van der Waals surface area contributed by atoms with Crippen molar-refractivity contribution in [2.45, 2.75) is 13.8 Å². The molecule has 8 nitrogen and oxygen atoms in total. The van der Waals surface area contributed by atoms with E-state index >= 15 is 0 Å². The largest absolute Gasteiger partial charge is 0.483 e. The topological polar surface area (TPSA) is 103 Å². The molecule has 29 heavy (non-hydrogen) atoms. The van der Waals surface area contributed by atoms with Crippen LogP contribution in [0.2, 0.25) is 0 Å². The van der Waals surface area contributed by atoms with E-state index in [2.05, 4.69) is 25.7 Å². The van der Waals surface area contributed by atoms with Crippen LogP contribution in [0.25, 0.3) is 22.8 Å². The summed E-state index contributed by atoms with van der Waals surface area (Å²) in [6.07, 6.45) is 0. The van der Waals surface area contributed by atoms with Crippen molar-refractivity contribution in [1.29, 1.82) is 0 Å². The molecule has 0 saturated carbocycles. The van der Waals surface area contributed by atoms with E-state index in [9.17, 15) is 4.79 Å². The molecule has 4 rings (SSSR count). The fourth-order valence-corrected chi connectivity index (χ4v) is 3.29. The van der Waals surface area contributed by atoms with Crippen LogP contribution in [0.5, 0.6) is 5.75 Å². The van der Waals surface area contributed by atoms with Crippen LogP contribution in [0.1, 0.15) is 10.6 Å². The number of hydrogen-bond donors (Lipinski definition) is 1. The van der Waals surface area contributed by atoms with Gasteiger partial charge in [-0.05, 0) is 31.5 Å². The second kappa shape index (κ2) is 8.19. The molecule has 0 atom stereocenters. The number of carbonyl (C=O) groups is 1. The predicted molar refractivity (Wildman–Crippen MR) is 109 cm³/mol. The second-order valence-corrected chi connectivity index (χ2v) is 7.38. The Morgan fingerprint density at radius 3 is 2.59 bits per heavy atom. The predicted octanol–water partition coefficient (Wildman–Crippen LogP) is 3.89. The van der Waals surface area contributed by atoms with Crippen LogP contribution >= 0.6 is 11.3 Å². The van der Waals surface area contributed by atoms with Crippen LogP contribution in [0.15, 0.2) is 53.1 Å². The third-order valence-electron chi connectivity index (χ3n) is 4.06. The lowest BCUT2D eigenvalue weighted by atomic mass is 10.1. The standard InChI is InChI=1S/C20H17N5O3S/c1-12-7-3-4-8-14(12)18-22-19(28-25-18)15-9-5-6-10-16(15)27-11-17(26)21-20-24-23-13(2)29-20/h3-10H,11H2,1-2H3,(H,21,24,26). The number of para-hydroxylation sites is 1. The van der Waals surface area contributed by atoms with Crippen molar-refractivity contribution in [3.63, 3.8) is 0 Å². The molecule has 1 amide bonds. The fraction of sp³-hybridized carbons (Fsp3) is 0.150. The molecule has 0 bridgehead atoms. The van der Waals surface area contributed by atoms with Gasteiger partial charge in [0.15, 0.2) is 6.61 Å². The number of ether oxygens (including phenoxy) is 1. The summed E-state index contributed by atoms with van der Waals surface area (Å²) in [5.74, 6) is 0.953. The van der Waals surface area contributed by atoms with Gasteiger partial charge in [-0.1, -0.05) is 52.9 Å². The molecule has 0 aliphatic rings. The van der Waals surface area contributed by atoms with Crippen LogP contribution in [0.3, 0.4) is 0 Å². The molecule has 4 aromatic rings. The number of hydrogen-bond acceptors (Lipinski definition) is 8. The molecule has 2 heterocycles. The summed E-state index contributed by atoms with van der Waals surface area (Å²) in [6.45, 7) is 3.62. The van der Waals surface area contributed by atoms with E-state index in [0.717, 1.165) is 16.1 Å². The Morgan fingerprint density at radius 2 is 1.83 bits per heavy atom. The zero-order chi connectivity index (χ0) is 20.2. The minimum atomic E-state index is -0.331. The van der Waals surface area contributed by atoms with Gasteiger partial charge in [-0.2, -0.15) is 4.98 Å². The van der Waals surface area contributed by atoms with E-state index in [4.69, 9.17) is 9.26 Å². The number of aromatic nitrogens is 4. The van der Waals surface area contributed by atoms with Crippen LogP contribution in [-0.4, -0.2) is 32.9 Å². The Hall–Kier alpha value is -3.59. The number of nitrogens with zero attached hydrogens (tertiary/aromatic N) is 4. The van der Waals surface area contributed by atoms with Gasteiger partial charge in [0.1, 0.15) is 10.8 Å². The second-order valence-electron chi connectivity index (χ2n) is 6.20. The van der Waals surface area contributed by atoms with Crippen LogP contribution in [-0.2, 0) is 4.79 Å². The molecule has 0 spiro atoms. The van der Waals surface area contributed by atoms with E-state index in [-0.39, 0.29) is 12.5 Å². The highest BCUT2D eigenvalue weighted by molar-refractivity contribution is 7.15. The number of nitrogens with one attached hydrogen (secondary N) is 1. The van der Waals surface area contributed by atoms with Gasteiger partial charge >= 0.3 is 0 Å². The van der Waals surface area contributed by atoms with Crippen molar-refractivity contribution in [2.75, 3.05) is 11.9 Å². The smallest absolute Gasteiger partial charge is 0.264 e. The lowest BCUT2D eigenvalue weighted by Gasteiger charge is -2.08. The maximum atomic E-state index is 12.1. The van der Waals surface area contributed by atoms with Crippen LogP contribution in [0.4, 0.5) is 5.13 Å². The molecule has 9 heteroatoms. The Kier molecular flexibility index (Phi) is 5.30. The molecule has 0 aliphatic carbocycles. The number of aryl methyl sites for hydroxylation is 2. The van der Waals surface area contributed by atoms with Crippen molar-refractivity contribution in [1.82, 2.24) is 20.3 Å². The molecule has 0 aliphatic heterocycles. The molecule has 1 N–H and O–H groups in total. The van der Waals surface area contributed by atoms with Gasteiger partial charge in [0.2, 0.25) is 11.0 Å². The maximum Gasteiger partial charge on any atom is 0.264 e. The average molecular weight is 407 g/mol. The van der Waals surface area contributed by atoms with Gasteiger partial charge in [0, 0.05) is 5.56 Å². The summed E-state index contributed by atoms with van der Waals surface area (Å²) in [5, 5.41) is 15.7. The molecule has 0 saturated heterocycles. The molecular weight excluding hydrogens is 390 g/mol. The van der Waals surface area contributed by atoms with Gasteiger partial charge in [0.25, 0.3) is 11.8 Å². The van der Waals surface area contributed by atoms with Crippen molar-refractivity contribution in [3.8, 4) is 28.6 Å². The SMILES string of the molecule is Cc1nnc(NC(=O)COc2ccccc2-c2nc(-c3ccccc3C)no2)s1. The van der Waals surface area contributed by atoms with E-state index in [1.165, 1.54) is 11.3 Å². The normalized spacial score (nSPS) is 10.7. The van der Waals surface area contributed by atoms with Crippen LogP contribution in [0, 0.1) is 13.8 Å². The zero-order valence-corrected chi connectivity index (χ0v) is 16.6. The Balaban J connectivity index is 1.50. The summed E-state index contributed by atoms with van der Waals surface area (Å²) in [6, 6.07) is 15.0. The zero-order valence-electron chi connectivity index (χ0n) is 15.7. The first-order chi connectivity index (χ1) is 14.1. The fourth-order valence-electron chi connectivity index (χ4n) is 2.68. The van der Waals surface area contributed by atoms with Gasteiger partial charge in [-0.25, -0.2) is 0 Å². The van der Waals surface area contributed by atoms with Crippen molar-refractivity contribution >= 4 is 22.4 Å². The summed E-state index contributed by atoms with van der Waals surface area (Å²) in [4.78, 5) is 16.6. The highest BCUT2D eigenvalue weighted by Crippen LogP contribution is 2.30. The monoisotopic (exact) mass is 407 g/mol. The highest BCUT2D eigenvalue weighted by Gasteiger charge is 2.16. The van der Waals surface area contributed by atoms with E-state index < -0.39 is 0 Å². The molecule has 2 aromatic carbocycles. The van der Waals surface area contributed by atoms with E-state index in [1.807, 2.05) is 50.2 Å². The lowest BCUT2D eigenvalue weighted by molar-refractivity contribution is -0.118. The van der Waals surface area contributed by atoms with Gasteiger partial charge in [0.05, 0.1) is 5.56 Å². The van der Waals surface area contributed by atoms with Gasteiger partial charge in [-0.3, -0.25) is 10.1 Å². The minimum absolute atomic E-state index is 0.186. The average Bonchev–Trinajstić information content (AvgIpc) is 3.36. The maximum absolute atomic E-state index is 12.1. The molecule has 0 fully saturated rings. The number of benzene rings is 2. The van der Waals surface area contributed by atoms with Crippen molar-refractivity contribution < 1.29 is 14.1 Å². The first kappa shape index (κ1) is 18.8. The Bertz CT molecular complexity index is 1150. The molecule has 146 valence electrons. The summed E-state index contributed by atoms with van der Waals surface area (Å²) >= 11 is 1.30. The molecule has 0 radical (unpaired) electrons. The van der Waals surface area contributed by atoms with Gasteiger partial charge < -0.3 is 9.26 Å².